The monoisotopic (exact) mass is 337 g/mol. The maximum Gasteiger partial charge on any atom is 0.161 e. The molecule has 0 saturated carbocycles. The SMILES string of the molecule is CC(C)(C)C1CCNc2ccc(Cc3ccc4c(c3)OCCO4)cc21. The van der Waals surface area contributed by atoms with Crippen molar-refractivity contribution in [1.82, 2.24) is 0 Å². The Balaban J connectivity index is 1.62. The molecule has 2 aliphatic rings. The molecule has 2 aromatic carbocycles. The van der Waals surface area contributed by atoms with Gasteiger partial charge in [0, 0.05) is 12.2 Å². The van der Waals surface area contributed by atoms with Crippen LogP contribution in [-0.2, 0) is 6.42 Å². The first kappa shape index (κ1) is 16.3. The lowest BCUT2D eigenvalue weighted by Crippen LogP contribution is -2.26. The zero-order chi connectivity index (χ0) is 17.4. The van der Waals surface area contributed by atoms with Gasteiger partial charge in [0.1, 0.15) is 13.2 Å². The first-order valence-electron chi connectivity index (χ1n) is 9.26. The van der Waals surface area contributed by atoms with Crippen molar-refractivity contribution in [1.29, 1.82) is 0 Å². The first-order chi connectivity index (χ1) is 12.0. The summed E-state index contributed by atoms with van der Waals surface area (Å²) in [5.41, 5.74) is 5.67. The fourth-order valence-electron chi connectivity index (χ4n) is 4.01. The predicted octanol–water partition coefficient (Wildman–Crippen LogP) is 4.99. The Hall–Kier alpha value is -2.16. The van der Waals surface area contributed by atoms with Gasteiger partial charge in [-0.3, -0.25) is 0 Å². The number of hydrogen-bond acceptors (Lipinski definition) is 3. The molecule has 3 nitrogen and oxygen atoms in total. The second-order valence-corrected chi connectivity index (χ2v) is 8.21. The molecule has 0 fully saturated rings. The lowest BCUT2D eigenvalue weighted by molar-refractivity contribution is 0.171. The summed E-state index contributed by atoms with van der Waals surface area (Å²) in [6.45, 7) is 9.38. The number of rotatable bonds is 2. The third-order valence-electron chi connectivity index (χ3n) is 5.30. The van der Waals surface area contributed by atoms with E-state index in [9.17, 15) is 0 Å². The van der Waals surface area contributed by atoms with Crippen LogP contribution in [0, 0.1) is 5.41 Å². The van der Waals surface area contributed by atoms with Gasteiger partial charge >= 0.3 is 0 Å². The van der Waals surface area contributed by atoms with Gasteiger partial charge < -0.3 is 14.8 Å². The molecule has 2 heterocycles. The summed E-state index contributed by atoms with van der Waals surface area (Å²) in [6, 6.07) is 13.2. The Kier molecular flexibility index (Phi) is 4.10. The molecule has 4 rings (SSSR count). The Morgan fingerprint density at radius 3 is 2.48 bits per heavy atom. The third kappa shape index (κ3) is 3.33. The minimum Gasteiger partial charge on any atom is -0.486 e. The van der Waals surface area contributed by atoms with E-state index >= 15 is 0 Å². The summed E-state index contributed by atoms with van der Waals surface area (Å²) in [5, 5.41) is 3.56. The summed E-state index contributed by atoms with van der Waals surface area (Å²) in [6.07, 6.45) is 2.12. The van der Waals surface area contributed by atoms with E-state index in [2.05, 4.69) is 56.4 Å². The van der Waals surface area contributed by atoms with Gasteiger partial charge in [0.2, 0.25) is 0 Å². The summed E-state index contributed by atoms with van der Waals surface area (Å²) in [7, 11) is 0. The topological polar surface area (TPSA) is 30.5 Å². The molecular formula is C22H27NO2. The molecule has 0 saturated heterocycles. The van der Waals surface area contributed by atoms with Crippen molar-refractivity contribution in [3.63, 3.8) is 0 Å². The van der Waals surface area contributed by atoms with Gasteiger partial charge in [0.05, 0.1) is 0 Å². The molecule has 2 aliphatic heterocycles. The number of fused-ring (bicyclic) bond motifs is 2. The first-order valence-corrected chi connectivity index (χ1v) is 9.26. The van der Waals surface area contributed by atoms with Crippen LogP contribution in [0.15, 0.2) is 36.4 Å². The van der Waals surface area contributed by atoms with E-state index in [0.717, 1.165) is 24.5 Å². The Bertz CT molecular complexity index is 776. The van der Waals surface area contributed by atoms with Gasteiger partial charge in [0.25, 0.3) is 0 Å². The van der Waals surface area contributed by atoms with Crippen molar-refractivity contribution in [2.24, 2.45) is 5.41 Å². The Labute approximate surface area is 150 Å². The summed E-state index contributed by atoms with van der Waals surface area (Å²) in [4.78, 5) is 0. The molecule has 1 unspecified atom stereocenters. The normalized spacial score (nSPS) is 19.1. The highest BCUT2D eigenvalue weighted by Crippen LogP contribution is 2.43. The summed E-state index contributed by atoms with van der Waals surface area (Å²) < 4.78 is 11.3. The van der Waals surface area contributed by atoms with Crippen LogP contribution >= 0.6 is 0 Å². The van der Waals surface area contributed by atoms with Crippen LogP contribution in [0.1, 0.15) is 49.8 Å². The van der Waals surface area contributed by atoms with Crippen LogP contribution in [0.2, 0.25) is 0 Å². The number of ether oxygens (including phenoxy) is 2. The molecule has 0 amide bonds. The maximum absolute atomic E-state index is 5.72. The lowest BCUT2D eigenvalue weighted by Gasteiger charge is -2.36. The second-order valence-electron chi connectivity index (χ2n) is 8.21. The molecule has 0 aliphatic carbocycles. The number of anilines is 1. The molecule has 1 N–H and O–H groups in total. The van der Waals surface area contributed by atoms with Crippen molar-refractivity contribution in [3.8, 4) is 11.5 Å². The van der Waals surface area contributed by atoms with Gasteiger partial charge in [-0.05, 0) is 59.1 Å². The number of nitrogens with one attached hydrogen (secondary N) is 1. The molecular weight excluding hydrogens is 310 g/mol. The molecule has 0 spiro atoms. The lowest BCUT2D eigenvalue weighted by atomic mass is 9.72. The highest BCUT2D eigenvalue weighted by molar-refractivity contribution is 5.57. The second kappa shape index (κ2) is 6.29. The van der Waals surface area contributed by atoms with Crippen molar-refractivity contribution in [2.45, 2.75) is 39.5 Å². The van der Waals surface area contributed by atoms with Crippen LogP contribution in [0.5, 0.6) is 11.5 Å². The average molecular weight is 337 g/mol. The highest BCUT2D eigenvalue weighted by Gasteiger charge is 2.30. The molecule has 2 aromatic rings. The minimum absolute atomic E-state index is 0.284. The number of hydrogen-bond donors (Lipinski definition) is 1. The highest BCUT2D eigenvalue weighted by atomic mass is 16.6. The molecule has 0 bridgehead atoms. The van der Waals surface area contributed by atoms with E-state index in [1.807, 2.05) is 6.07 Å². The van der Waals surface area contributed by atoms with Crippen LogP contribution in [0.3, 0.4) is 0 Å². The fraction of sp³-hybridized carbons (Fsp3) is 0.455. The molecule has 25 heavy (non-hydrogen) atoms. The van der Waals surface area contributed by atoms with Crippen molar-refractivity contribution in [2.75, 3.05) is 25.1 Å². The Morgan fingerprint density at radius 2 is 1.68 bits per heavy atom. The van der Waals surface area contributed by atoms with E-state index in [1.165, 1.54) is 28.8 Å². The standard InChI is InChI=1S/C22H27NO2/c1-22(2,3)18-8-9-23-19-6-4-15(13-17(18)19)12-16-5-7-20-21(14-16)25-11-10-24-20/h4-7,13-14,18,23H,8-12H2,1-3H3. The van der Waals surface area contributed by atoms with Gasteiger partial charge in [-0.2, -0.15) is 0 Å². The zero-order valence-corrected chi connectivity index (χ0v) is 15.4. The zero-order valence-electron chi connectivity index (χ0n) is 15.4. The summed E-state index contributed by atoms with van der Waals surface area (Å²) in [5.74, 6) is 2.33. The smallest absolute Gasteiger partial charge is 0.161 e. The summed E-state index contributed by atoms with van der Waals surface area (Å²) >= 11 is 0. The van der Waals surface area contributed by atoms with Crippen LogP contribution in [-0.4, -0.2) is 19.8 Å². The van der Waals surface area contributed by atoms with E-state index in [1.54, 1.807) is 0 Å². The quantitative estimate of drug-likeness (QED) is 0.837. The van der Waals surface area contributed by atoms with Gasteiger partial charge in [-0.25, -0.2) is 0 Å². The minimum atomic E-state index is 0.284. The average Bonchev–Trinajstić information content (AvgIpc) is 2.60. The van der Waals surface area contributed by atoms with Gasteiger partial charge in [0.15, 0.2) is 11.5 Å². The molecule has 132 valence electrons. The van der Waals surface area contributed by atoms with Crippen molar-refractivity contribution >= 4 is 5.69 Å². The van der Waals surface area contributed by atoms with Gasteiger partial charge in [-0.1, -0.05) is 39.0 Å². The molecule has 1 atom stereocenters. The van der Waals surface area contributed by atoms with Crippen LogP contribution in [0.25, 0.3) is 0 Å². The fourth-order valence-corrected chi connectivity index (χ4v) is 4.01. The maximum atomic E-state index is 5.72. The Morgan fingerprint density at radius 1 is 0.960 bits per heavy atom. The molecule has 0 aromatic heterocycles. The van der Waals surface area contributed by atoms with Crippen LogP contribution < -0.4 is 14.8 Å². The largest absolute Gasteiger partial charge is 0.486 e. The van der Waals surface area contributed by atoms with Crippen molar-refractivity contribution < 1.29 is 9.47 Å². The predicted molar refractivity (Wildman–Crippen MR) is 102 cm³/mol. The van der Waals surface area contributed by atoms with Crippen molar-refractivity contribution in [3.05, 3.63) is 53.1 Å². The molecule has 3 heteroatoms. The number of benzene rings is 2. The van der Waals surface area contributed by atoms with E-state index in [4.69, 9.17) is 9.47 Å². The van der Waals surface area contributed by atoms with Gasteiger partial charge in [-0.15, -0.1) is 0 Å². The van der Waals surface area contributed by atoms with E-state index in [0.29, 0.717) is 19.1 Å². The van der Waals surface area contributed by atoms with E-state index in [-0.39, 0.29) is 5.41 Å². The van der Waals surface area contributed by atoms with Crippen LogP contribution in [0.4, 0.5) is 5.69 Å². The van der Waals surface area contributed by atoms with E-state index < -0.39 is 0 Å². The molecule has 0 radical (unpaired) electrons. The third-order valence-corrected chi connectivity index (χ3v) is 5.30.